The highest BCUT2D eigenvalue weighted by Crippen LogP contribution is 2.40. The normalized spacial score (nSPS) is 17.8. The Bertz CT molecular complexity index is 928. The minimum atomic E-state index is 0.00670. The summed E-state index contributed by atoms with van der Waals surface area (Å²) in [5.41, 5.74) is 3.16. The van der Waals surface area contributed by atoms with E-state index in [4.69, 9.17) is 4.74 Å². The van der Waals surface area contributed by atoms with Crippen molar-refractivity contribution in [3.63, 3.8) is 0 Å². The van der Waals surface area contributed by atoms with Crippen LogP contribution < -0.4 is 5.32 Å². The molecule has 1 aromatic carbocycles. The summed E-state index contributed by atoms with van der Waals surface area (Å²) in [7, 11) is 1.72. The van der Waals surface area contributed by atoms with Gasteiger partial charge in [0.05, 0.1) is 0 Å². The van der Waals surface area contributed by atoms with Crippen LogP contribution in [0.25, 0.3) is 0 Å². The van der Waals surface area contributed by atoms with E-state index in [1.807, 2.05) is 19.1 Å². The van der Waals surface area contributed by atoms with Gasteiger partial charge in [-0.3, -0.25) is 4.79 Å². The number of hydrogen-bond donors (Lipinski definition) is 1. The molecule has 1 heterocycles. The van der Waals surface area contributed by atoms with Crippen molar-refractivity contribution < 1.29 is 9.53 Å². The Morgan fingerprint density at radius 1 is 1.15 bits per heavy atom. The average Bonchev–Trinajstić information content (AvgIpc) is 3.56. The molecule has 33 heavy (non-hydrogen) atoms. The van der Waals surface area contributed by atoms with Gasteiger partial charge in [-0.05, 0) is 57.1 Å². The average molecular weight is 453 g/mol. The van der Waals surface area contributed by atoms with Gasteiger partial charge in [0.15, 0.2) is 0 Å². The van der Waals surface area contributed by atoms with Gasteiger partial charge in [-0.2, -0.15) is 0 Å². The molecule has 2 saturated carbocycles. The van der Waals surface area contributed by atoms with E-state index < -0.39 is 0 Å². The quantitative estimate of drug-likeness (QED) is 0.461. The number of rotatable bonds is 11. The van der Waals surface area contributed by atoms with Crippen molar-refractivity contribution in [3.05, 3.63) is 41.0 Å². The van der Waals surface area contributed by atoms with Gasteiger partial charge in [-0.25, -0.2) is 0 Å². The summed E-state index contributed by atoms with van der Waals surface area (Å²) in [4.78, 5) is 13.0. The zero-order valence-corrected chi connectivity index (χ0v) is 20.6. The van der Waals surface area contributed by atoms with Crippen LogP contribution in [0.15, 0.2) is 18.2 Å². The van der Waals surface area contributed by atoms with Crippen molar-refractivity contribution in [2.24, 2.45) is 5.92 Å². The summed E-state index contributed by atoms with van der Waals surface area (Å²) in [6.45, 7) is 4.71. The van der Waals surface area contributed by atoms with Crippen LogP contribution >= 0.6 is 0 Å². The highest BCUT2D eigenvalue weighted by molar-refractivity contribution is 5.92. The summed E-state index contributed by atoms with van der Waals surface area (Å²) in [5, 5.41) is 12.4. The number of ether oxygens (including phenoxy) is 1. The Labute approximate surface area is 198 Å². The molecule has 1 aromatic heterocycles. The van der Waals surface area contributed by atoms with Crippen LogP contribution in [0, 0.1) is 19.8 Å². The first kappa shape index (κ1) is 23.9. The fraction of sp³-hybridized carbons (Fsp3) is 0.667. The third kappa shape index (κ3) is 6.44. The summed E-state index contributed by atoms with van der Waals surface area (Å²) >= 11 is 0. The number of aryl methyl sites for hydroxylation is 3. The molecule has 0 spiro atoms. The van der Waals surface area contributed by atoms with E-state index in [1.165, 1.54) is 56.9 Å². The molecule has 0 radical (unpaired) electrons. The number of hydrogen-bond acceptors (Lipinski definition) is 4. The van der Waals surface area contributed by atoms with Crippen LogP contribution in [0.5, 0.6) is 0 Å². The predicted molar refractivity (Wildman–Crippen MR) is 132 cm³/mol. The topological polar surface area (TPSA) is 69.0 Å². The zero-order valence-electron chi connectivity index (χ0n) is 20.6. The molecule has 1 amide bonds. The monoisotopic (exact) mass is 452 g/mol. The third-order valence-electron chi connectivity index (χ3n) is 7.33. The zero-order chi connectivity index (χ0) is 23.2. The first-order chi connectivity index (χ1) is 16.0. The van der Waals surface area contributed by atoms with Gasteiger partial charge in [-0.1, -0.05) is 49.8 Å². The molecule has 2 aliphatic rings. The predicted octanol–water partition coefficient (Wildman–Crippen LogP) is 5.89. The molecule has 2 aromatic rings. The Balaban J connectivity index is 1.47. The van der Waals surface area contributed by atoms with Crippen molar-refractivity contribution in [1.29, 1.82) is 0 Å². The van der Waals surface area contributed by atoms with E-state index in [2.05, 4.69) is 33.1 Å². The van der Waals surface area contributed by atoms with E-state index in [9.17, 15) is 4.79 Å². The van der Waals surface area contributed by atoms with E-state index in [0.29, 0.717) is 19.1 Å². The number of nitrogens with one attached hydrogen (secondary N) is 1. The van der Waals surface area contributed by atoms with Crippen LogP contribution in [0.3, 0.4) is 0 Å². The summed E-state index contributed by atoms with van der Waals surface area (Å²) in [6.07, 6.45) is 12.6. The Kier molecular flexibility index (Phi) is 8.18. The molecule has 0 bridgehead atoms. The number of aromatic nitrogens is 3. The van der Waals surface area contributed by atoms with E-state index in [0.717, 1.165) is 41.7 Å². The molecule has 6 nitrogen and oxygen atoms in total. The maximum absolute atomic E-state index is 13.0. The second-order valence-electron chi connectivity index (χ2n) is 10.2. The lowest BCUT2D eigenvalue weighted by Gasteiger charge is -2.22. The summed E-state index contributed by atoms with van der Waals surface area (Å²) in [5.74, 6) is 2.96. The Hall–Kier alpha value is -2.21. The van der Waals surface area contributed by atoms with Gasteiger partial charge < -0.3 is 14.6 Å². The maximum atomic E-state index is 13.0. The molecule has 1 N–H and O–H groups in total. The van der Waals surface area contributed by atoms with Crippen LogP contribution in [0.4, 0.5) is 5.69 Å². The fourth-order valence-electron chi connectivity index (χ4n) is 5.29. The van der Waals surface area contributed by atoms with Gasteiger partial charge in [0.25, 0.3) is 0 Å². The summed E-state index contributed by atoms with van der Waals surface area (Å²) in [6, 6.07) is 6.63. The smallest absolute Gasteiger partial charge is 0.225 e. The van der Waals surface area contributed by atoms with Gasteiger partial charge in [0, 0.05) is 44.2 Å². The molecule has 2 fully saturated rings. The van der Waals surface area contributed by atoms with Gasteiger partial charge in [0.1, 0.15) is 11.6 Å². The first-order valence-electron chi connectivity index (χ1n) is 12.8. The molecule has 2 aliphatic carbocycles. The highest BCUT2D eigenvalue weighted by Gasteiger charge is 2.33. The number of carbonyl (C=O) groups is 1. The van der Waals surface area contributed by atoms with Crippen molar-refractivity contribution in [2.75, 3.05) is 19.0 Å². The Morgan fingerprint density at radius 2 is 1.94 bits per heavy atom. The number of anilines is 1. The van der Waals surface area contributed by atoms with Crippen molar-refractivity contribution >= 4 is 11.6 Å². The lowest BCUT2D eigenvalue weighted by molar-refractivity contribution is -0.116. The van der Waals surface area contributed by atoms with Crippen molar-refractivity contribution in [2.45, 2.75) is 96.4 Å². The van der Waals surface area contributed by atoms with Gasteiger partial charge in [-0.15, -0.1) is 10.2 Å². The molecule has 0 saturated heterocycles. The number of nitrogens with zero attached hydrogens (tertiary/aromatic N) is 3. The minimum absolute atomic E-state index is 0.00670. The number of benzene rings is 1. The summed E-state index contributed by atoms with van der Waals surface area (Å²) < 4.78 is 7.77. The van der Waals surface area contributed by atoms with Gasteiger partial charge in [0.2, 0.25) is 5.91 Å². The third-order valence-corrected chi connectivity index (χ3v) is 7.33. The van der Waals surface area contributed by atoms with Crippen LogP contribution in [-0.2, 0) is 16.0 Å². The lowest BCUT2D eigenvalue weighted by Crippen LogP contribution is -2.20. The molecular formula is C27H40N4O2. The number of carbonyl (C=O) groups excluding carboxylic acids is 1. The second-order valence-corrected chi connectivity index (χ2v) is 10.2. The van der Waals surface area contributed by atoms with Crippen LogP contribution in [0.2, 0.25) is 0 Å². The lowest BCUT2D eigenvalue weighted by atomic mass is 9.86. The SMILES string of the molecule is COCCC(CC(=O)Nc1ccc(C)cc1C)c1nnc(CCC2CCCCC2)n1C1CC1. The number of amides is 1. The highest BCUT2D eigenvalue weighted by atomic mass is 16.5. The Morgan fingerprint density at radius 3 is 2.64 bits per heavy atom. The van der Waals surface area contributed by atoms with Crippen molar-refractivity contribution in [3.8, 4) is 0 Å². The second kappa shape index (κ2) is 11.3. The fourth-order valence-corrected chi connectivity index (χ4v) is 5.29. The van der Waals surface area contributed by atoms with Crippen LogP contribution in [-0.4, -0.2) is 34.4 Å². The molecule has 1 atom stereocenters. The molecule has 180 valence electrons. The van der Waals surface area contributed by atoms with Crippen molar-refractivity contribution in [1.82, 2.24) is 14.8 Å². The van der Waals surface area contributed by atoms with Crippen LogP contribution in [0.1, 0.15) is 98.9 Å². The molecular weight excluding hydrogens is 412 g/mol. The van der Waals surface area contributed by atoms with E-state index in [-0.39, 0.29) is 11.8 Å². The largest absolute Gasteiger partial charge is 0.385 e. The first-order valence-corrected chi connectivity index (χ1v) is 12.8. The number of methoxy groups -OCH3 is 1. The molecule has 6 heteroatoms. The molecule has 1 unspecified atom stereocenters. The van der Waals surface area contributed by atoms with E-state index >= 15 is 0 Å². The molecule has 4 rings (SSSR count). The van der Waals surface area contributed by atoms with E-state index in [1.54, 1.807) is 7.11 Å². The van der Waals surface area contributed by atoms with Gasteiger partial charge >= 0.3 is 0 Å². The minimum Gasteiger partial charge on any atom is -0.385 e. The maximum Gasteiger partial charge on any atom is 0.225 e. The standard InChI is InChI=1S/C27H40N4O2/c1-19-9-13-24(20(2)17-19)28-26(32)18-22(15-16-33-3)27-30-29-25(31(27)23-11-12-23)14-10-21-7-5-4-6-8-21/h9,13,17,21-23H,4-8,10-12,14-16,18H2,1-3H3,(H,28,32). The molecule has 0 aliphatic heterocycles.